The van der Waals surface area contributed by atoms with Gasteiger partial charge in [0, 0.05) is 5.54 Å². The third-order valence-electron chi connectivity index (χ3n) is 3.11. The maximum Gasteiger partial charge on any atom is 0.197 e. The zero-order valence-corrected chi connectivity index (χ0v) is 15.8. The van der Waals surface area contributed by atoms with Crippen molar-refractivity contribution in [2.24, 2.45) is 0 Å². The monoisotopic (exact) mass is 385 g/mol. The highest BCUT2D eigenvalue weighted by Gasteiger charge is 2.72. The minimum Gasteiger partial charge on any atom is -0.288 e. The molecule has 0 radical (unpaired) electrons. The molecule has 4 atom stereocenters. The first kappa shape index (κ1) is 19.2. The number of allylic oxidation sites excluding steroid dienone is 1. The summed E-state index contributed by atoms with van der Waals surface area (Å²) in [6, 6.07) is 3.87. The zero-order valence-electron chi connectivity index (χ0n) is 12.0. The molecule has 0 heterocycles. The Bertz CT molecular complexity index is 549. The van der Waals surface area contributed by atoms with E-state index in [1.165, 1.54) is 12.2 Å². The van der Waals surface area contributed by atoms with Gasteiger partial charge in [0.15, 0.2) is 14.0 Å². The van der Waals surface area contributed by atoms with Crippen molar-refractivity contribution in [2.75, 3.05) is 6.26 Å². The molecule has 1 aliphatic carbocycles. The van der Waals surface area contributed by atoms with Gasteiger partial charge < -0.3 is 0 Å². The second-order valence-electron chi connectivity index (χ2n) is 5.81. The van der Waals surface area contributed by atoms with Gasteiger partial charge in [0.05, 0.1) is 12.1 Å². The van der Waals surface area contributed by atoms with Crippen LogP contribution in [0.3, 0.4) is 0 Å². The van der Waals surface area contributed by atoms with E-state index in [-0.39, 0.29) is 0 Å². The molecule has 0 saturated heterocycles. The predicted molar refractivity (Wildman–Crippen MR) is 91.1 cm³/mol. The van der Waals surface area contributed by atoms with Gasteiger partial charge >= 0.3 is 0 Å². The molecule has 1 rings (SSSR count). The van der Waals surface area contributed by atoms with E-state index in [9.17, 15) is 10.5 Å². The molecule has 0 bridgehead atoms. The van der Waals surface area contributed by atoms with Crippen molar-refractivity contribution in [2.45, 2.75) is 45.3 Å². The molecule has 3 nitrogen and oxygen atoms in total. The minimum atomic E-state index is -1.86. The Morgan fingerprint density at radius 2 is 1.57 bits per heavy atom. The normalized spacial score (nSPS) is 43.1. The molecule has 0 fully saturated rings. The molecule has 1 N–H and O–H groups in total. The number of thioether (sulfide) groups is 1. The standard InChI is InChI=1S/C13H15Cl4N3S/c1-9(2,3)20-12(16)6-5-10(14,7-18)13(17,21-4)11(12,15)8-19/h5-6,20H,1-4H3. The molecule has 0 saturated carbocycles. The van der Waals surface area contributed by atoms with E-state index >= 15 is 0 Å². The molecule has 0 aromatic rings. The van der Waals surface area contributed by atoms with E-state index < -0.39 is 24.5 Å². The number of alkyl halides is 4. The lowest BCUT2D eigenvalue weighted by molar-refractivity contribution is 0.307. The largest absolute Gasteiger partial charge is 0.288 e. The number of hydrogen-bond donors (Lipinski definition) is 1. The number of nitriles is 2. The lowest BCUT2D eigenvalue weighted by Crippen LogP contribution is -2.72. The van der Waals surface area contributed by atoms with Gasteiger partial charge in [-0.05, 0) is 39.2 Å². The molecule has 1 aliphatic rings. The van der Waals surface area contributed by atoms with E-state index in [4.69, 9.17) is 46.4 Å². The molecule has 0 amide bonds. The highest BCUT2D eigenvalue weighted by Crippen LogP contribution is 2.61. The molecular formula is C13H15Cl4N3S. The van der Waals surface area contributed by atoms with Crippen molar-refractivity contribution in [3.8, 4) is 12.1 Å². The molecule has 4 unspecified atom stereocenters. The van der Waals surface area contributed by atoms with E-state index in [0.29, 0.717) is 0 Å². The lowest BCUT2D eigenvalue weighted by atomic mass is 9.80. The number of nitrogens with zero attached hydrogens (tertiary/aromatic N) is 2. The van der Waals surface area contributed by atoms with Gasteiger partial charge in [-0.1, -0.05) is 34.8 Å². The summed E-state index contributed by atoms with van der Waals surface area (Å²) >= 11 is 27.0. The van der Waals surface area contributed by atoms with Crippen molar-refractivity contribution in [1.29, 1.82) is 10.5 Å². The van der Waals surface area contributed by atoms with Crippen molar-refractivity contribution >= 4 is 58.2 Å². The van der Waals surface area contributed by atoms with Crippen molar-refractivity contribution in [3.05, 3.63) is 12.2 Å². The van der Waals surface area contributed by atoms with Gasteiger partial charge in [-0.2, -0.15) is 10.5 Å². The summed E-state index contributed by atoms with van der Waals surface area (Å²) < 4.78 is -1.65. The second-order valence-corrected chi connectivity index (χ2v) is 9.38. The van der Waals surface area contributed by atoms with Crippen LogP contribution in [0.1, 0.15) is 20.8 Å². The Hall–Kier alpha value is 0.190. The van der Waals surface area contributed by atoms with Crippen LogP contribution in [-0.2, 0) is 0 Å². The fraction of sp³-hybridized carbons (Fsp3) is 0.692. The summed E-state index contributed by atoms with van der Waals surface area (Å²) in [6.07, 6.45) is 4.45. The molecule has 0 aromatic carbocycles. The van der Waals surface area contributed by atoms with Gasteiger partial charge in [0.2, 0.25) is 0 Å². The van der Waals surface area contributed by atoms with Gasteiger partial charge in [0.25, 0.3) is 0 Å². The Morgan fingerprint density at radius 1 is 1.05 bits per heavy atom. The second kappa shape index (κ2) is 5.68. The van der Waals surface area contributed by atoms with E-state index in [2.05, 4.69) is 5.32 Å². The van der Waals surface area contributed by atoms with Crippen LogP contribution in [0, 0.1) is 22.7 Å². The van der Waals surface area contributed by atoms with Crippen LogP contribution in [0.5, 0.6) is 0 Å². The van der Waals surface area contributed by atoms with Gasteiger partial charge in [0.1, 0.15) is 5.00 Å². The van der Waals surface area contributed by atoms with Crippen LogP contribution in [-0.4, -0.2) is 30.7 Å². The minimum absolute atomic E-state index is 0.446. The summed E-state index contributed by atoms with van der Waals surface area (Å²) in [5.41, 5.74) is -0.446. The smallest absolute Gasteiger partial charge is 0.197 e. The number of rotatable bonds is 2. The Kier molecular flexibility index (Phi) is 5.20. The predicted octanol–water partition coefficient (Wildman–Crippen LogP) is 4.18. The summed E-state index contributed by atoms with van der Waals surface area (Å²) in [5.74, 6) is 0. The topological polar surface area (TPSA) is 59.6 Å². The van der Waals surface area contributed by atoms with E-state index in [1.807, 2.05) is 32.9 Å². The summed E-state index contributed by atoms with van der Waals surface area (Å²) in [7, 11) is 0. The number of halogens is 4. The fourth-order valence-corrected chi connectivity index (χ4v) is 4.97. The van der Waals surface area contributed by atoms with Gasteiger partial charge in [-0.15, -0.1) is 23.4 Å². The van der Waals surface area contributed by atoms with Crippen LogP contribution in [0.2, 0.25) is 0 Å². The van der Waals surface area contributed by atoms with E-state index in [1.54, 1.807) is 6.26 Å². The molecule has 0 spiro atoms. The lowest BCUT2D eigenvalue weighted by Gasteiger charge is -2.53. The van der Waals surface area contributed by atoms with Crippen LogP contribution in [0.25, 0.3) is 0 Å². The summed E-state index contributed by atoms with van der Waals surface area (Å²) in [4.78, 5) is -5.01. The van der Waals surface area contributed by atoms with Crippen molar-refractivity contribution in [3.63, 3.8) is 0 Å². The van der Waals surface area contributed by atoms with Crippen LogP contribution >= 0.6 is 58.2 Å². The Balaban J connectivity index is 3.64. The molecule has 8 heteroatoms. The average Bonchev–Trinajstić information content (AvgIpc) is 2.39. The van der Waals surface area contributed by atoms with Gasteiger partial charge in [-0.3, -0.25) is 5.32 Å². The fourth-order valence-electron chi connectivity index (χ4n) is 2.16. The van der Waals surface area contributed by atoms with E-state index in [0.717, 1.165) is 11.8 Å². The first-order chi connectivity index (χ1) is 9.35. The van der Waals surface area contributed by atoms with Crippen LogP contribution < -0.4 is 5.32 Å². The molecule has 21 heavy (non-hydrogen) atoms. The Labute approximate surface area is 149 Å². The molecular weight excluding hydrogens is 372 g/mol. The summed E-state index contributed by atoms with van der Waals surface area (Å²) in [5, 5.41) is 22.1. The van der Waals surface area contributed by atoms with Crippen LogP contribution in [0.4, 0.5) is 0 Å². The first-order valence-electron chi connectivity index (χ1n) is 5.98. The van der Waals surface area contributed by atoms with Crippen LogP contribution in [0.15, 0.2) is 12.2 Å². The third-order valence-corrected chi connectivity index (χ3v) is 7.52. The number of nitrogens with one attached hydrogen (secondary N) is 1. The molecule has 0 aliphatic heterocycles. The summed E-state index contributed by atoms with van der Waals surface area (Å²) in [6.45, 7) is 5.63. The third kappa shape index (κ3) is 2.76. The zero-order chi connectivity index (χ0) is 16.7. The maximum absolute atomic E-state index is 9.67. The quantitative estimate of drug-likeness (QED) is 0.439. The Morgan fingerprint density at radius 3 is 1.90 bits per heavy atom. The average molecular weight is 387 g/mol. The van der Waals surface area contributed by atoms with Gasteiger partial charge in [-0.25, -0.2) is 0 Å². The van der Waals surface area contributed by atoms with Crippen molar-refractivity contribution < 1.29 is 0 Å². The van der Waals surface area contributed by atoms with Crippen molar-refractivity contribution in [1.82, 2.24) is 5.32 Å². The highest BCUT2D eigenvalue weighted by atomic mass is 35.5. The molecule has 0 aromatic heterocycles. The SMILES string of the molecule is CSC1(Cl)C(Cl)(C#N)C=CC(Cl)(NC(C)(C)C)C1(Cl)C#N. The first-order valence-corrected chi connectivity index (χ1v) is 8.71. The maximum atomic E-state index is 9.67. The molecule has 116 valence electrons. The highest BCUT2D eigenvalue weighted by molar-refractivity contribution is 8.01. The number of hydrogen-bond acceptors (Lipinski definition) is 4.